The van der Waals surface area contributed by atoms with Gasteiger partial charge in [0.1, 0.15) is 0 Å². The molecule has 1 aromatic heterocycles. The second kappa shape index (κ2) is 7.23. The lowest BCUT2D eigenvalue weighted by Gasteiger charge is -2.28. The molecule has 20 heavy (non-hydrogen) atoms. The normalized spacial score (nSPS) is 12.8. The van der Waals surface area contributed by atoms with Crippen LogP contribution in [-0.2, 0) is 13.0 Å². The van der Waals surface area contributed by atoms with E-state index < -0.39 is 0 Å². The number of rotatable bonds is 6. The van der Waals surface area contributed by atoms with Gasteiger partial charge in [0.25, 0.3) is 0 Å². The molecule has 0 amide bonds. The lowest BCUT2D eigenvalue weighted by Crippen LogP contribution is -2.30. The first kappa shape index (κ1) is 15.5. The van der Waals surface area contributed by atoms with Crippen molar-refractivity contribution in [3.05, 3.63) is 56.7 Å². The van der Waals surface area contributed by atoms with E-state index in [4.69, 9.17) is 17.3 Å². The maximum atomic E-state index is 6.02. The Morgan fingerprint density at radius 3 is 2.60 bits per heavy atom. The van der Waals surface area contributed by atoms with E-state index in [1.165, 1.54) is 16.0 Å². The number of halogens is 1. The van der Waals surface area contributed by atoms with Gasteiger partial charge in [-0.05, 0) is 36.7 Å². The third-order valence-electron chi connectivity index (χ3n) is 3.58. The number of hydrogen-bond donors (Lipinski definition) is 1. The number of thiophene rings is 1. The Morgan fingerprint density at radius 1 is 1.25 bits per heavy atom. The molecule has 1 aromatic carbocycles. The summed E-state index contributed by atoms with van der Waals surface area (Å²) in [7, 11) is 2.12. The Kier molecular flexibility index (Phi) is 5.61. The average Bonchev–Trinajstić information content (AvgIpc) is 2.85. The molecule has 0 spiro atoms. The van der Waals surface area contributed by atoms with Crippen LogP contribution in [0.1, 0.15) is 29.0 Å². The topological polar surface area (TPSA) is 29.3 Å². The summed E-state index contributed by atoms with van der Waals surface area (Å²) in [6, 6.07) is 12.8. The van der Waals surface area contributed by atoms with Gasteiger partial charge in [0, 0.05) is 24.0 Å². The van der Waals surface area contributed by atoms with Crippen LogP contribution in [0.3, 0.4) is 0 Å². The maximum Gasteiger partial charge on any atom is 0.0931 e. The Morgan fingerprint density at radius 2 is 2.00 bits per heavy atom. The van der Waals surface area contributed by atoms with Crippen molar-refractivity contribution in [1.29, 1.82) is 0 Å². The van der Waals surface area contributed by atoms with E-state index in [0.29, 0.717) is 6.54 Å². The Balaban J connectivity index is 2.18. The van der Waals surface area contributed by atoms with Crippen LogP contribution in [0.4, 0.5) is 0 Å². The summed E-state index contributed by atoms with van der Waals surface area (Å²) in [5.41, 5.74) is 8.73. The number of nitrogens with two attached hydrogens (primary N) is 1. The van der Waals surface area contributed by atoms with Crippen molar-refractivity contribution in [1.82, 2.24) is 4.90 Å². The lowest BCUT2D eigenvalue weighted by molar-refractivity contribution is 0.243. The molecule has 2 N–H and O–H groups in total. The molecule has 0 aliphatic rings. The monoisotopic (exact) mass is 308 g/mol. The molecule has 0 bridgehead atoms. The maximum absolute atomic E-state index is 6.02. The number of hydrogen-bond acceptors (Lipinski definition) is 3. The highest BCUT2D eigenvalue weighted by Gasteiger charge is 2.18. The fraction of sp³-hybridized carbons (Fsp3) is 0.375. The van der Waals surface area contributed by atoms with Gasteiger partial charge >= 0.3 is 0 Å². The largest absolute Gasteiger partial charge is 0.329 e. The number of nitrogens with zero attached hydrogens (tertiary/aromatic N) is 1. The highest BCUT2D eigenvalue weighted by atomic mass is 35.5. The molecule has 1 heterocycles. The molecule has 1 atom stereocenters. The molecule has 0 fully saturated rings. The van der Waals surface area contributed by atoms with Crippen LogP contribution in [0.2, 0.25) is 4.34 Å². The molecule has 2 nitrogen and oxygen atoms in total. The summed E-state index contributed by atoms with van der Waals surface area (Å²) in [6.07, 6.45) is 1.03. The van der Waals surface area contributed by atoms with E-state index in [1.807, 2.05) is 6.07 Å². The molecule has 1 unspecified atom stereocenters. The Hall–Kier alpha value is -0.870. The zero-order valence-electron chi connectivity index (χ0n) is 12.0. The smallest absolute Gasteiger partial charge is 0.0931 e. The van der Waals surface area contributed by atoms with Gasteiger partial charge in [-0.15, -0.1) is 11.3 Å². The van der Waals surface area contributed by atoms with Crippen LogP contribution in [0.15, 0.2) is 36.4 Å². The fourth-order valence-corrected chi connectivity index (χ4v) is 3.67. The second-order valence-corrected chi connectivity index (χ2v) is 6.72. The zero-order valence-corrected chi connectivity index (χ0v) is 13.5. The SMILES string of the molecule is CCc1ccccc1C(CN)N(C)Cc1ccc(Cl)s1. The second-order valence-electron chi connectivity index (χ2n) is 4.92. The van der Waals surface area contributed by atoms with Crippen molar-refractivity contribution in [3.63, 3.8) is 0 Å². The first-order valence-electron chi connectivity index (χ1n) is 6.88. The van der Waals surface area contributed by atoms with Gasteiger partial charge in [0.2, 0.25) is 0 Å². The molecular weight excluding hydrogens is 288 g/mol. The average molecular weight is 309 g/mol. The minimum atomic E-state index is 0.243. The number of benzene rings is 1. The van der Waals surface area contributed by atoms with E-state index >= 15 is 0 Å². The van der Waals surface area contributed by atoms with Gasteiger partial charge < -0.3 is 5.73 Å². The Bertz CT molecular complexity index is 553. The molecule has 0 aliphatic carbocycles. The van der Waals surface area contributed by atoms with Gasteiger partial charge in [-0.25, -0.2) is 0 Å². The minimum Gasteiger partial charge on any atom is -0.329 e. The highest BCUT2D eigenvalue weighted by Crippen LogP contribution is 2.27. The van der Waals surface area contributed by atoms with Crippen LogP contribution < -0.4 is 5.73 Å². The van der Waals surface area contributed by atoms with Crippen LogP contribution in [0, 0.1) is 0 Å². The van der Waals surface area contributed by atoms with Crippen LogP contribution in [0.5, 0.6) is 0 Å². The predicted molar refractivity (Wildman–Crippen MR) is 88.4 cm³/mol. The summed E-state index contributed by atoms with van der Waals surface area (Å²) in [6.45, 7) is 3.68. The summed E-state index contributed by atoms with van der Waals surface area (Å²) in [5.74, 6) is 0. The quantitative estimate of drug-likeness (QED) is 0.870. The lowest BCUT2D eigenvalue weighted by atomic mass is 9.97. The van der Waals surface area contributed by atoms with Crippen molar-refractivity contribution < 1.29 is 0 Å². The number of aryl methyl sites for hydroxylation is 1. The standard InChI is InChI=1S/C16H21ClN2S/c1-3-12-6-4-5-7-14(12)15(10-18)19(2)11-13-8-9-16(17)20-13/h4-9,15H,3,10-11,18H2,1-2H3. The zero-order chi connectivity index (χ0) is 14.5. The fourth-order valence-electron chi connectivity index (χ4n) is 2.52. The van der Waals surface area contributed by atoms with Crippen molar-refractivity contribution in [2.45, 2.75) is 25.9 Å². The van der Waals surface area contributed by atoms with Gasteiger partial charge in [0.15, 0.2) is 0 Å². The van der Waals surface area contributed by atoms with Crippen LogP contribution >= 0.6 is 22.9 Å². The van der Waals surface area contributed by atoms with Gasteiger partial charge in [-0.1, -0.05) is 42.8 Å². The van der Waals surface area contributed by atoms with Crippen molar-refractivity contribution in [2.75, 3.05) is 13.6 Å². The van der Waals surface area contributed by atoms with Crippen molar-refractivity contribution >= 4 is 22.9 Å². The van der Waals surface area contributed by atoms with E-state index in [1.54, 1.807) is 11.3 Å². The molecule has 2 aromatic rings. The third-order valence-corrected chi connectivity index (χ3v) is 4.80. The first-order chi connectivity index (χ1) is 9.65. The summed E-state index contributed by atoms with van der Waals surface area (Å²) in [4.78, 5) is 3.57. The van der Waals surface area contributed by atoms with Gasteiger partial charge in [-0.2, -0.15) is 0 Å². The minimum absolute atomic E-state index is 0.243. The van der Waals surface area contributed by atoms with Crippen molar-refractivity contribution in [2.24, 2.45) is 5.73 Å². The van der Waals surface area contributed by atoms with Crippen LogP contribution in [-0.4, -0.2) is 18.5 Å². The molecule has 0 saturated carbocycles. The summed E-state index contributed by atoms with van der Waals surface area (Å²) >= 11 is 7.63. The molecule has 0 aliphatic heterocycles. The first-order valence-corrected chi connectivity index (χ1v) is 8.07. The van der Waals surface area contributed by atoms with Crippen molar-refractivity contribution in [3.8, 4) is 0 Å². The van der Waals surface area contributed by atoms with E-state index in [2.05, 4.69) is 49.2 Å². The highest BCUT2D eigenvalue weighted by molar-refractivity contribution is 7.16. The predicted octanol–water partition coefficient (Wildman–Crippen LogP) is 4.10. The van der Waals surface area contributed by atoms with E-state index in [-0.39, 0.29) is 6.04 Å². The molecular formula is C16H21ClN2S. The van der Waals surface area contributed by atoms with Crippen LogP contribution in [0.25, 0.3) is 0 Å². The van der Waals surface area contributed by atoms with Gasteiger partial charge in [-0.3, -0.25) is 4.90 Å². The third kappa shape index (κ3) is 3.61. The number of likely N-dealkylation sites (N-methyl/N-ethyl adjacent to an activating group) is 1. The summed E-state index contributed by atoms with van der Waals surface area (Å²) < 4.78 is 0.839. The van der Waals surface area contributed by atoms with E-state index in [9.17, 15) is 0 Å². The Labute approximate surface area is 130 Å². The molecule has 2 rings (SSSR count). The molecule has 108 valence electrons. The van der Waals surface area contributed by atoms with Gasteiger partial charge in [0.05, 0.1) is 4.34 Å². The van der Waals surface area contributed by atoms with E-state index in [0.717, 1.165) is 17.3 Å². The molecule has 0 saturated heterocycles. The molecule has 4 heteroatoms. The summed E-state index contributed by atoms with van der Waals surface area (Å²) in [5, 5.41) is 0. The molecule has 0 radical (unpaired) electrons.